The second-order valence-electron chi connectivity index (χ2n) is 6.87. The molecule has 0 spiro atoms. The molecule has 0 saturated heterocycles. The van der Waals surface area contributed by atoms with Gasteiger partial charge in [-0.2, -0.15) is 0 Å². The van der Waals surface area contributed by atoms with Crippen molar-refractivity contribution in [1.29, 1.82) is 0 Å². The van der Waals surface area contributed by atoms with Gasteiger partial charge in [0.05, 0.1) is 0 Å². The van der Waals surface area contributed by atoms with E-state index in [1.54, 1.807) is 0 Å². The normalized spacial score (nSPS) is 13.9. The van der Waals surface area contributed by atoms with Crippen molar-refractivity contribution < 1.29 is 9.90 Å². The van der Waals surface area contributed by atoms with E-state index >= 15 is 0 Å². The van der Waals surface area contributed by atoms with Gasteiger partial charge < -0.3 is 5.11 Å². The number of rotatable bonds is 5. The van der Waals surface area contributed by atoms with Crippen molar-refractivity contribution in [1.82, 2.24) is 0 Å². The number of carboxylic acid groups (broad SMARTS) is 1. The number of carboxylic acids is 1. The third-order valence-electron chi connectivity index (χ3n) is 3.70. The van der Waals surface area contributed by atoms with Crippen LogP contribution in [0.15, 0.2) is 12.2 Å². The third kappa shape index (κ3) is 3.70. The molecule has 1 N–H and O–H groups in total. The molecule has 0 unspecified atom stereocenters. The lowest BCUT2D eigenvalue weighted by Gasteiger charge is -2.45. The first kappa shape index (κ1) is 16.4. The summed E-state index contributed by atoms with van der Waals surface area (Å²) in [6.07, 6.45) is 0. The van der Waals surface area contributed by atoms with Crippen LogP contribution < -0.4 is 0 Å². The van der Waals surface area contributed by atoms with Gasteiger partial charge in [0, 0.05) is 15.1 Å². The Morgan fingerprint density at radius 2 is 1.47 bits per heavy atom. The van der Waals surface area contributed by atoms with Crippen molar-refractivity contribution in [3.05, 3.63) is 12.2 Å². The smallest absolute Gasteiger partial charge is 0.331 e. The first-order valence-electron chi connectivity index (χ1n) is 6.38. The molecule has 0 aliphatic rings. The molecular weight excluding hydrogens is 228 g/mol. The molecule has 0 aromatic carbocycles. The van der Waals surface area contributed by atoms with Gasteiger partial charge in [-0.1, -0.05) is 55.0 Å². The molecule has 0 aliphatic heterocycles. The zero-order valence-corrected chi connectivity index (χ0v) is 13.8. The van der Waals surface area contributed by atoms with E-state index in [1.807, 2.05) is 0 Å². The minimum absolute atomic E-state index is 0.190. The summed E-state index contributed by atoms with van der Waals surface area (Å²) in [5.74, 6) is -0.168. The highest BCUT2D eigenvalue weighted by Crippen LogP contribution is 2.52. The largest absolute Gasteiger partial charge is 0.478 e. The van der Waals surface area contributed by atoms with E-state index in [2.05, 4.69) is 55.0 Å². The van der Waals surface area contributed by atoms with E-state index in [9.17, 15) is 9.90 Å². The fourth-order valence-corrected chi connectivity index (χ4v) is 5.89. The van der Waals surface area contributed by atoms with Crippen LogP contribution in [0.4, 0.5) is 0 Å². The lowest BCUT2D eigenvalue weighted by Crippen LogP contribution is -2.39. The molecule has 0 amide bonds. The average molecular weight is 256 g/mol. The Bertz CT molecular complexity index is 290. The van der Waals surface area contributed by atoms with Crippen molar-refractivity contribution in [3.8, 4) is 0 Å². The molecule has 0 fully saturated rings. The molecule has 0 atom stereocenters. The van der Waals surface area contributed by atoms with Gasteiger partial charge in [-0.25, -0.2) is 4.79 Å². The van der Waals surface area contributed by atoms with Crippen LogP contribution in [0, 0.1) is 11.8 Å². The van der Waals surface area contributed by atoms with Crippen molar-refractivity contribution in [2.24, 2.45) is 11.8 Å². The summed E-state index contributed by atoms with van der Waals surface area (Å²) < 4.78 is 0. The number of hydrogen-bond acceptors (Lipinski definition) is 1. The van der Waals surface area contributed by atoms with Gasteiger partial charge in [-0.15, -0.1) is 0 Å². The standard InChI is InChI=1S/C14H28O2Si/c1-9(2)14(10(3)4,11(5)12(15)16)17-13(6,7)8/h9-10H,5,17H2,1-4,6-8H3,(H,15,16). The maximum atomic E-state index is 11.4. The predicted octanol–water partition coefficient (Wildman–Crippen LogP) is 3.49. The van der Waals surface area contributed by atoms with Gasteiger partial charge in [-0.05, 0) is 21.9 Å². The lowest BCUT2D eigenvalue weighted by atomic mass is 9.78. The van der Waals surface area contributed by atoms with Gasteiger partial charge in [0.1, 0.15) is 0 Å². The van der Waals surface area contributed by atoms with Crippen LogP contribution in [0.5, 0.6) is 0 Å². The molecular formula is C14H28O2Si. The molecule has 0 aliphatic carbocycles. The molecule has 3 heteroatoms. The first-order valence-corrected chi connectivity index (χ1v) is 7.79. The maximum Gasteiger partial charge on any atom is 0.331 e. The minimum atomic E-state index is -0.829. The van der Waals surface area contributed by atoms with E-state index in [1.165, 1.54) is 0 Å². The highest BCUT2D eigenvalue weighted by atomic mass is 28.2. The van der Waals surface area contributed by atoms with Gasteiger partial charge in [0.25, 0.3) is 0 Å². The number of carbonyl (C=O) groups is 1. The molecule has 2 nitrogen and oxygen atoms in total. The maximum absolute atomic E-state index is 11.4. The van der Waals surface area contributed by atoms with Crippen molar-refractivity contribution >= 4 is 15.5 Å². The molecule has 0 aromatic rings. The average Bonchev–Trinajstić information content (AvgIpc) is 2.10. The van der Waals surface area contributed by atoms with Crippen LogP contribution in [-0.2, 0) is 4.79 Å². The van der Waals surface area contributed by atoms with Crippen molar-refractivity contribution in [3.63, 3.8) is 0 Å². The number of aliphatic carboxylic acids is 1. The molecule has 0 rings (SSSR count). The Labute approximate surface area is 108 Å². The lowest BCUT2D eigenvalue weighted by molar-refractivity contribution is -0.133. The Hall–Kier alpha value is -0.573. The van der Waals surface area contributed by atoms with E-state index in [4.69, 9.17) is 0 Å². The van der Waals surface area contributed by atoms with Gasteiger partial charge in [-0.3, -0.25) is 0 Å². The van der Waals surface area contributed by atoms with E-state index in [-0.39, 0.29) is 10.1 Å². The highest BCUT2D eigenvalue weighted by molar-refractivity contribution is 6.46. The van der Waals surface area contributed by atoms with Crippen LogP contribution >= 0.6 is 0 Å². The van der Waals surface area contributed by atoms with Crippen molar-refractivity contribution in [2.45, 2.75) is 58.5 Å². The third-order valence-corrected chi connectivity index (χ3v) is 7.41. The summed E-state index contributed by atoms with van der Waals surface area (Å²) in [6, 6.07) is 0. The van der Waals surface area contributed by atoms with E-state index < -0.39 is 15.5 Å². The topological polar surface area (TPSA) is 37.3 Å². The van der Waals surface area contributed by atoms with Gasteiger partial charge in [0.2, 0.25) is 0 Å². The molecule has 17 heavy (non-hydrogen) atoms. The summed E-state index contributed by atoms with van der Waals surface area (Å²) >= 11 is 0. The summed E-state index contributed by atoms with van der Waals surface area (Å²) in [6.45, 7) is 19.1. The first-order chi connectivity index (χ1) is 7.45. The second-order valence-corrected chi connectivity index (χ2v) is 10.5. The fourth-order valence-electron chi connectivity index (χ4n) is 2.96. The van der Waals surface area contributed by atoms with Crippen LogP contribution in [0.3, 0.4) is 0 Å². The SMILES string of the molecule is C=C(C(=O)O)C([SiH2]C(C)(C)C)(C(C)C)C(C)C. The Morgan fingerprint density at radius 3 is 1.65 bits per heavy atom. The minimum Gasteiger partial charge on any atom is -0.478 e. The molecule has 0 aromatic heterocycles. The van der Waals surface area contributed by atoms with Gasteiger partial charge >= 0.3 is 5.97 Å². The Balaban J connectivity index is 5.61. The number of hydrogen-bond donors (Lipinski definition) is 1. The zero-order valence-electron chi connectivity index (χ0n) is 12.4. The van der Waals surface area contributed by atoms with E-state index in [0.717, 1.165) is 0 Å². The summed E-state index contributed by atoms with van der Waals surface area (Å²) in [7, 11) is -0.609. The van der Waals surface area contributed by atoms with Crippen LogP contribution in [0.25, 0.3) is 0 Å². The van der Waals surface area contributed by atoms with E-state index in [0.29, 0.717) is 17.4 Å². The second kappa shape index (κ2) is 5.38. The molecule has 0 radical (unpaired) electrons. The Kier molecular flexibility index (Phi) is 5.20. The Morgan fingerprint density at radius 1 is 1.12 bits per heavy atom. The summed E-state index contributed by atoms with van der Waals surface area (Å²) in [5.41, 5.74) is 0.420. The summed E-state index contributed by atoms with van der Waals surface area (Å²) in [5, 5.41) is 9.37. The molecule has 0 bridgehead atoms. The summed E-state index contributed by atoms with van der Waals surface area (Å²) in [4.78, 5) is 11.4. The highest BCUT2D eigenvalue weighted by Gasteiger charge is 2.45. The quantitative estimate of drug-likeness (QED) is 0.604. The van der Waals surface area contributed by atoms with Crippen LogP contribution in [0.2, 0.25) is 10.1 Å². The monoisotopic (exact) mass is 256 g/mol. The van der Waals surface area contributed by atoms with Crippen LogP contribution in [-0.4, -0.2) is 20.6 Å². The zero-order chi connectivity index (χ0) is 14.0. The van der Waals surface area contributed by atoms with Crippen LogP contribution in [0.1, 0.15) is 48.5 Å². The van der Waals surface area contributed by atoms with Gasteiger partial charge in [0.15, 0.2) is 0 Å². The molecule has 0 saturated carbocycles. The van der Waals surface area contributed by atoms with Crippen molar-refractivity contribution in [2.75, 3.05) is 0 Å². The molecule has 100 valence electrons. The fraction of sp³-hybridized carbons (Fsp3) is 0.786. The molecule has 0 heterocycles. The predicted molar refractivity (Wildman–Crippen MR) is 77.4 cm³/mol.